The van der Waals surface area contributed by atoms with E-state index >= 15 is 0 Å². The van der Waals surface area contributed by atoms with Gasteiger partial charge in [-0.1, -0.05) is 23.7 Å². The van der Waals surface area contributed by atoms with Crippen LogP contribution in [0.2, 0.25) is 5.02 Å². The summed E-state index contributed by atoms with van der Waals surface area (Å²) in [5.41, 5.74) is 3.50. The average Bonchev–Trinajstić information content (AvgIpc) is 2.76. The summed E-state index contributed by atoms with van der Waals surface area (Å²) in [4.78, 5) is 24.2. The monoisotopic (exact) mass is 441 g/mol. The number of fused-ring (bicyclic) bond motifs is 1. The van der Waals surface area contributed by atoms with E-state index in [0.29, 0.717) is 17.5 Å². The number of rotatable bonds is 6. The lowest BCUT2D eigenvalue weighted by Gasteiger charge is -2.30. The highest BCUT2D eigenvalue weighted by molar-refractivity contribution is 6.30. The summed E-state index contributed by atoms with van der Waals surface area (Å²) < 4.78 is 0. The largest absolute Gasteiger partial charge is 0.362 e. The van der Waals surface area contributed by atoms with E-state index in [-0.39, 0.29) is 11.9 Å². The Kier molecular flexibility index (Phi) is 6.96. The molecule has 0 bridgehead atoms. The first kappa shape index (κ1) is 21.9. The van der Waals surface area contributed by atoms with Crippen LogP contribution in [0.4, 0.5) is 11.8 Å². The van der Waals surface area contributed by atoms with Crippen LogP contribution in [0, 0.1) is 0 Å². The number of carbonyl (C=O) groups excluding carboxylic acids is 1. The Balaban J connectivity index is 1.29. The van der Waals surface area contributed by atoms with Gasteiger partial charge in [-0.15, -0.1) is 0 Å². The summed E-state index contributed by atoms with van der Waals surface area (Å²) in [6.07, 6.45) is 8.88. The lowest BCUT2D eigenvalue weighted by molar-refractivity contribution is -0.121. The van der Waals surface area contributed by atoms with Crippen LogP contribution in [0.15, 0.2) is 24.3 Å². The molecule has 31 heavy (non-hydrogen) atoms. The Morgan fingerprint density at radius 2 is 1.71 bits per heavy atom. The van der Waals surface area contributed by atoms with Crippen molar-refractivity contribution in [1.82, 2.24) is 15.3 Å². The van der Waals surface area contributed by atoms with Gasteiger partial charge in [0.1, 0.15) is 5.82 Å². The Morgan fingerprint density at radius 3 is 2.42 bits per heavy atom. The molecule has 2 N–H and O–H groups in total. The van der Waals surface area contributed by atoms with Crippen LogP contribution in [0.5, 0.6) is 0 Å². The quantitative estimate of drug-likeness (QED) is 0.704. The van der Waals surface area contributed by atoms with Crippen LogP contribution >= 0.6 is 11.6 Å². The fourth-order valence-corrected chi connectivity index (χ4v) is 4.77. The number of anilines is 2. The van der Waals surface area contributed by atoms with E-state index in [2.05, 4.69) is 29.6 Å². The van der Waals surface area contributed by atoms with Crippen molar-refractivity contribution in [1.29, 1.82) is 0 Å². The molecular formula is C24H32ClN5O. The zero-order valence-electron chi connectivity index (χ0n) is 18.5. The number of hydrogen-bond donors (Lipinski definition) is 2. The van der Waals surface area contributed by atoms with Crippen molar-refractivity contribution in [3.8, 4) is 0 Å². The van der Waals surface area contributed by atoms with Crippen molar-refractivity contribution in [2.24, 2.45) is 0 Å². The molecule has 1 saturated carbocycles. The maximum Gasteiger partial charge on any atom is 0.225 e. The number of hydrogen-bond acceptors (Lipinski definition) is 5. The number of nitrogens with one attached hydrogen (secondary N) is 2. The van der Waals surface area contributed by atoms with Crippen molar-refractivity contribution >= 4 is 29.3 Å². The smallest absolute Gasteiger partial charge is 0.225 e. The predicted molar refractivity (Wildman–Crippen MR) is 126 cm³/mol. The summed E-state index contributed by atoms with van der Waals surface area (Å²) in [5.74, 6) is 1.88. The topological polar surface area (TPSA) is 70.2 Å². The summed E-state index contributed by atoms with van der Waals surface area (Å²) >= 11 is 5.92. The van der Waals surface area contributed by atoms with Crippen LogP contribution in [0.1, 0.15) is 55.3 Å². The number of carbonyl (C=O) groups is 1. The SMILES string of the molecule is CN(C)c1nc(NC2CCC(NC(=O)Cc3ccc(Cl)cc3)CC2)nc2c1CCCC2. The van der Waals surface area contributed by atoms with Crippen molar-refractivity contribution in [3.05, 3.63) is 46.1 Å². The molecular weight excluding hydrogens is 410 g/mol. The van der Waals surface area contributed by atoms with Crippen LogP contribution in [-0.2, 0) is 24.1 Å². The van der Waals surface area contributed by atoms with E-state index in [1.165, 1.54) is 24.1 Å². The van der Waals surface area contributed by atoms with Crippen molar-refractivity contribution < 1.29 is 4.79 Å². The third-order valence-electron chi connectivity index (χ3n) is 6.29. The van der Waals surface area contributed by atoms with Crippen molar-refractivity contribution in [2.45, 2.75) is 69.9 Å². The second-order valence-electron chi connectivity index (χ2n) is 8.96. The van der Waals surface area contributed by atoms with Gasteiger partial charge in [0.15, 0.2) is 0 Å². The summed E-state index contributed by atoms with van der Waals surface area (Å²) in [6.45, 7) is 0. The molecule has 7 heteroatoms. The highest BCUT2D eigenvalue weighted by Crippen LogP contribution is 2.29. The Labute approximate surface area is 189 Å². The minimum Gasteiger partial charge on any atom is -0.362 e. The summed E-state index contributed by atoms with van der Waals surface area (Å²) in [7, 11) is 4.11. The third kappa shape index (κ3) is 5.67. The van der Waals surface area contributed by atoms with E-state index < -0.39 is 0 Å². The normalized spacial score (nSPS) is 20.6. The Hall–Kier alpha value is -2.34. The molecule has 1 heterocycles. The minimum absolute atomic E-state index is 0.0763. The first-order chi connectivity index (χ1) is 15.0. The minimum atomic E-state index is 0.0763. The van der Waals surface area contributed by atoms with Gasteiger partial charge in [-0.2, -0.15) is 4.98 Å². The van der Waals surface area contributed by atoms with Gasteiger partial charge in [0, 0.05) is 36.8 Å². The van der Waals surface area contributed by atoms with Crippen LogP contribution in [-0.4, -0.2) is 42.1 Å². The van der Waals surface area contributed by atoms with E-state index in [0.717, 1.165) is 55.9 Å². The van der Waals surface area contributed by atoms with E-state index in [9.17, 15) is 4.79 Å². The van der Waals surface area contributed by atoms with Gasteiger partial charge in [-0.25, -0.2) is 4.98 Å². The molecule has 0 saturated heterocycles. The fraction of sp³-hybridized carbons (Fsp3) is 0.542. The molecule has 0 spiro atoms. The molecule has 0 aliphatic heterocycles. The molecule has 2 aliphatic rings. The predicted octanol–water partition coefficient (Wildman–Crippen LogP) is 4.16. The fourth-order valence-electron chi connectivity index (χ4n) is 4.64. The zero-order chi connectivity index (χ0) is 21.8. The number of nitrogens with zero attached hydrogens (tertiary/aromatic N) is 3. The highest BCUT2D eigenvalue weighted by atomic mass is 35.5. The van der Waals surface area contributed by atoms with E-state index in [1.807, 2.05) is 24.3 Å². The molecule has 0 radical (unpaired) electrons. The van der Waals surface area contributed by atoms with Crippen LogP contribution in [0.25, 0.3) is 0 Å². The molecule has 4 rings (SSSR count). The molecule has 1 aromatic carbocycles. The lowest BCUT2D eigenvalue weighted by Crippen LogP contribution is -2.41. The number of aryl methyl sites for hydroxylation is 1. The molecule has 1 amide bonds. The molecule has 0 atom stereocenters. The lowest BCUT2D eigenvalue weighted by atomic mass is 9.91. The Bertz CT molecular complexity index is 907. The number of halogens is 1. The first-order valence-corrected chi connectivity index (χ1v) is 11.7. The van der Waals surface area contributed by atoms with Gasteiger partial charge in [0.05, 0.1) is 12.1 Å². The van der Waals surface area contributed by atoms with Crippen LogP contribution in [0.3, 0.4) is 0 Å². The molecule has 166 valence electrons. The highest BCUT2D eigenvalue weighted by Gasteiger charge is 2.24. The number of benzene rings is 1. The van der Waals surface area contributed by atoms with Crippen LogP contribution < -0.4 is 15.5 Å². The second kappa shape index (κ2) is 9.86. The molecule has 2 aliphatic carbocycles. The van der Waals surface area contributed by atoms with E-state index in [4.69, 9.17) is 21.6 Å². The maximum absolute atomic E-state index is 12.4. The average molecular weight is 442 g/mol. The van der Waals surface area contributed by atoms with Gasteiger partial charge in [-0.3, -0.25) is 4.79 Å². The molecule has 2 aromatic rings. The molecule has 1 fully saturated rings. The van der Waals surface area contributed by atoms with Crippen molar-refractivity contribution in [2.75, 3.05) is 24.3 Å². The van der Waals surface area contributed by atoms with E-state index in [1.54, 1.807) is 0 Å². The summed E-state index contributed by atoms with van der Waals surface area (Å²) in [6, 6.07) is 8.05. The van der Waals surface area contributed by atoms with Gasteiger partial charge < -0.3 is 15.5 Å². The standard InChI is InChI=1S/C24H32ClN5O/c1-30(2)23-20-5-3-4-6-21(20)28-24(29-23)27-19-13-11-18(12-14-19)26-22(31)15-16-7-9-17(25)10-8-16/h7-10,18-19H,3-6,11-15H2,1-2H3,(H,26,31)(H,27,28,29). The van der Waals surface area contributed by atoms with Gasteiger partial charge in [0.25, 0.3) is 0 Å². The molecule has 1 aromatic heterocycles. The number of aromatic nitrogens is 2. The zero-order valence-corrected chi connectivity index (χ0v) is 19.2. The van der Waals surface area contributed by atoms with Gasteiger partial charge in [0.2, 0.25) is 11.9 Å². The first-order valence-electron chi connectivity index (χ1n) is 11.4. The molecule has 6 nitrogen and oxygen atoms in total. The Morgan fingerprint density at radius 1 is 1.03 bits per heavy atom. The van der Waals surface area contributed by atoms with Crippen molar-refractivity contribution in [3.63, 3.8) is 0 Å². The maximum atomic E-state index is 12.4. The third-order valence-corrected chi connectivity index (χ3v) is 6.54. The van der Waals surface area contributed by atoms with Gasteiger partial charge in [-0.05, 0) is 69.1 Å². The second-order valence-corrected chi connectivity index (χ2v) is 9.40. The molecule has 0 unspecified atom stereocenters. The van der Waals surface area contributed by atoms with Gasteiger partial charge >= 0.3 is 0 Å². The summed E-state index contributed by atoms with van der Waals surface area (Å²) in [5, 5.41) is 7.46. The number of amides is 1.